The van der Waals surface area contributed by atoms with Crippen LogP contribution in [-0.4, -0.2) is 20.8 Å². The van der Waals surface area contributed by atoms with Gasteiger partial charge in [0.05, 0.1) is 11.6 Å². The molecule has 0 fully saturated rings. The highest BCUT2D eigenvalue weighted by molar-refractivity contribution is 6.33. The molecule has 0 spiro atoms. The van der Waals surface area contributed by atoms with E-state index in [0.717, 1.165) is 29.7 Å². The van der Waals surface area contributed by atoms with Crippen LogP contribution >= 0.6 is 11.6 Å². The van der Waals surface area contributed by atoms with E-state index in [1.165, 1.54) is 0 Å². The van der Waals surface area contributed by atoms with Gasteiger partial charge < -0.3 is 4.74 Å². The maximum absolute atomic E-state index is 13.4. The number of fused-ring (bicyclic) bond motifs is 1. The Hall–Kier alpha value is -2.27. The highest BCUT2D eigenvalue weighted by atomic mass is 35.5. The van der Waals surface area contributed by atoms with Crippen LogP contribution in [0.1, 0.15) is 57.7 Å². The van der Waals surface area contributed by atoms with Crippen molar-refractivity contribution in [3.8, 4) is 17.1 Å². The fourth-order valence-electron chi connectivity index (χ4n) is 3.83. The van der Waals surface area contributed by atoms with Crippen LogP contribution in [0.15, 0.2) is 29.1 Å². The highest BCUT2D eigenvalue weighted by Crippen LogP contribution is 2.32. The molecule has 28 heavy (non-hydrogen) atoms. The van der Waals surface area contributed by atoms with Gasteiger partial charge in [-0.2, -0.15) is 0 Å². The summed E-state index contributed by atoms with van der Waals surface area (Å²) in [4.78, 5) is 13.4. The summed E-state index contributed by atoms with van der Waals surface area (Å²) >= 11 is 6.53. The van der Waals surface area contributed by atoms with Crippen molar-refractivity contribution in [3.63, 3.8) is 0 Å². The van der Waals surface area contributed by atoms with Crippen LogP contribution < -0.4 is 10.3 Å². The lowest BCUT2D eigenvalue weighted by molar-refractivity contribution is 0.340. The van der Waals surface area contributed by atoms with Gasteiger partial charge in [0.25, 0.3) is 5.56 Å². The van der Waals surface area contributed by atoms with Crippen molar-refractivity contribution < 1.29 is 4.74 Å². The zero-order chi connectivity index (χ0) is 20.4. The van der Waals surface area contributed by atoms with Crippen molar-refractivity contribution in [1.82, 2.24) is 14.2 Å². The van der Waals surface area contributed by atoms with Crippen molar-refractivity contribution in [1.29, 1.82) is 0 Å². The summed E-state index contributed by atoms with van der Waals surface area (Å²) in [5.41, 5.74) is 3.43. The summed E-state index contributed by atoms with van der Waals surface area (Å²) < 4.78 is 9.02. The molecule has 0 N–H and O–H groups in total. The minimum atomic E-state index is -0.0209. The zero-order valence-corrected chi connectivity index (χ0v) is 18.0. The van der Waals surface area contributed by atoms with Gasteiger partial charge in [0.1, 0.15) is 11.3 Å². The molecule has 0 aliphatic rings. The Kier molecular flexibility index (Phi) is 6.14. The van der Waals surface area contributed by atoms with Gasteiger partial charge in [-0.05, 0) is 69.4 Å². The minimum absolute atomic E-state index is 0.0209. The van der Waals surface area contributed by atoms with Crippen molar-refractivity contribution in [2.75, 3.05) is 6.61 Å². The Morgan fingerprint density at radius 3 is 2.43 bits per heavy atom. The number of hydrogen-bond donors (Lipinski definition) is 0. The van der Waals surface area contributed by atoms with Crippen LogP contribution in [0, 0.1) is 6.92 Å². The number of aryl methyl sites for hydroxylation is 1. The molecule has 0 bridgehead atoms. The van der Waals surface area contributed by atoms with Gasteiger partial charge >= 0.3 is 0 Å². The summed E-state index contributed by atoms with van der Waals surface area (Å²) in [5.74, 6) is 1.63. The third-order valence-corrected chi connectivity index (χ3v) is 5.63. The van der Waals surface area contributed by atoms with E-state index < -0.39 is 0 Å². The maximum atomic E-state index is 13.4. The number of halogens is 1. The van der Waals surface area contributed by atoms with Gasteiger partial charge in [-0.25, -0.2) is 4.52 Å². The number of aromatic nitrogens is 3. The molecule has 5 nitrogen and oxygen atoms in total. The molecule has 0 aliphatic carbocycles. The fraction of sp³-hybridized carbons (Fsp3) is 0.455. The quantitative estimate of drug-likeness (QED) is 0.529. The van der Waals surface area contributed by atoms with E-state index in [4.69, 9.17) is 21.4 Å². The largest absolute Gasteiger partial charge is 0.494 e. The molecule has 2 aromatic heterocycles. The summed E-state index contributed by atoms with van der Waals surface area (Å²) in [7, 11) is 0. The predicted octanol–water partition coefficient (Wildman–Crippen LogP) is 5.45. The third-order valence-electron chi connectivity index (χ3n) is 5.32. The van der Waals surface area contributed by atoms with Crippen LogP contribution in [0.5, 0.6) is 5.75 Å². The van der Waals surface area contributed by atoms with Crippen LogP contribution in [0.2, 0.25) is 5.02 Å². The van der Waals surface area contributed by atoms with Crippen molar-refractivity contribution in [2.24, 2.45) is 0 Å². The SMILES string of the molecule is CCOc1ccc(-c2nn3c(C)cc(C(CC)CC)c3c(=O)n2CC)c(Cl)c1. The summed E-state index contributed by atoms with van der Waals surface area (Å²) in [6, 6.07) is 7.60. The molecule has 3 aromatic rings. The molecule has 3 rings (SSSR count). The number of ether oxygens (including phenoxy) is 1. The van der Waals surface area contributed by atoms with E-state index in [1.807, 2.05) is 32.9 Å². The summed E-state index contributed by atoms with van der Waals surface area (Å²) in [6.07, 6.45) is 1.99. The second-order valence-corrected chi connectivity index (χ2v) is 7.37. The van der Waals surface area contributed by atoms with E-state index in [2.05, 4.69) is 19.9 Å². The van der Waals surface area contributed by atoms with Gasteiger partial charge in [-0.15, -0.1) is 5.10 Å². The lowest BCUT2D eigenvalue weighted by atomic mass is 9.95. The van der Waals surface area contributed by atoms with Crippen LogP contribution in [0.25, 0.3) is 16.9 Å². The molecule has 0 amide bonds. The molecule has 150 valence electrons. The first kappa shape index (κ1) is 20.5. The average Bonchev–Trinajstić information content (AvgIpc) is 3.00. The zero-order valence-electron chi connectivity index (χ0n) is 17.3. The number of nitrogens with zero attached hydrogens (tertiary/aromatic N) is 3. The Labute approximate surface area is 170 Å². The molecule has 0 unspecified atom stereocenters. The molecule has 0 radical (unpaired) electrons. The van der Waals surface area contributed by atoms with Gasteiger partial charge in [0, 0.05) is 17.8 Å². The normalized spacial score (nSPS) is 11.5. The molecule has 0 saturated heterocycles. The first-order chi connectivity index (χ1) is 13.5. The summed E-state index contributed by atoms with van der Waals surface area (Å²) in [5, 5.41) is 5.36. The molecule has 0 aliphatic heterocycles. The lowest BCUT2D eigenvalue weighted by Crippen LogP contribution is -2.26. The molecule has 0 saturated carbocycles. The monoisotopic (exact) mass is 401 g/mol. The van der Waals surface area contributed by atoms with E-state index in [9.17, 15) is 4.79 Å². The van der Waals surface area contributed by atoms with E-state index in [1.54, 1.807) is 15.1 Å². The van der Waals surface area contributed by atoms with Crippen LogP contribution in [-0.2, 0) is 6.54 Å². The van der Waals surface area contributed by atoms with E-state index >= 15 is 0 Å². The first-order valence-corrected chi connectivity index (χ1v) is 10.4. The molecule has 1 aromatic carbocycles. The fourth-order valence-corrected chi connectivity index (χ4v) is 4.09. The van der Waals surface area contributed by atoms with Crippen LogP contribution in [0.4, 0.5) is 0 Å². The van der Waals surface area contributed by atoms with Gasteiger partial charge in [0.2, 0.25) is 0 Å². The second kappa shape index (κ2) is 8.39. The Bertz CT molecular complexity index is 1050. The first-order valence-electron chi connectivity index (χ1n) is 10.0. The lowest BCUT2D eigenvalue weighted by Gasteiger charge is -2.15. The van der Waals surface area contributed by atoms with Crippen molar-refractivity contribution in [2.45, 2.75) is 59.9 Å². The van der Waals surface area contributed by atoms with Crippen molar-refractivity contribution >= 4 is 17.1 Å². The third kappa shape index (κ3) is 3.44. The van der Waals surface area contributed by atoms with Crippen molar-refractivity contribution in [3.05, 3.63) is 50.9 Å². The Morgan fingerprint density at radius 2 is 1.86 bits per heavy atom. The van der Waals surface area contributed by atoms with Gasteiger partial charge in [-0.3, -0.25) is 9.36 Å². The Morgan fingerprint density at radius 1 is 1.14 bits per heavy atom. The molecular formula is C22H28ClN3O2. The average molecular weight is 402 g/mol. The number of rotatable bonds is 7. The topological polar surface area (TPSA) is 48.5 Å². The predicted molar refractivity (Wildman–Crippen MR) is 115 cm³/mol. The Balaban J connectivity index is 2.29. The summed E-state index contributed by atoms with van der Waals surface area (Å²) in [6.45, 7) is 11.3. The minimum Gasteiger partial charge on any atom is -0.494 e. The molecular weight excluding hydrogens is 374 g/mol. The van der Waals surface area contributed by atoms with Crippen LogP contribution in [0.3, 0.4) is 0 Å². The molecule has 0 atom stereocenters. The number of hydrogen-bond acceptors (Lipinski definition) is 3. The molecule has 2 heterocycles. The number of benzene rings is 1. The van der Waals surface area contributed by atoms with Gasteiger partial charge in [0.15, 0.2) is 5.82 Å². The van der Waals surface area contributed by atoms with E-state index in [0.29, 0.717) is 41.2 Å². The highest BCUT2D eigenvalue weighted by Gasteiger charge is 2.22. The van der Waals surface area contributed by atoms with Gasteiger partial charge in [-0.1, -0.05) is 25.4 Å². The second-order valence-electron chi connectivity index (χ2n) is 6.96. The maximum Gasteiger partial charge on any atom is 0.278 e. The smallest absolute Gasteiger partial charge is 0.278 e. The standard InChI is InChI=1S/C22H28ClN3O2/c1-6-15(7-2)18-12-14(5)26-20(18)22(27)25(8-3)21(24-26)17-11-10-16(28-9-4)13-19(17)23/h10-13,15H,6-9H2,1-5H3. The molecule has 6 heteroatoms. The van der Waals surface area contributed by atoms with E-state index in [-0.39, 0.29) is 5.56 Å².